The van der Waals surface area contributed by atoms with E-state index in [1.54, 1.807) is 0 Å². The van der Waals surface area contributed by atoms with E-state index >= 15 is 0 Å². The summed E-state index contributed by atoms with van der Waals surface area (Å²) in [7, 11) is 0. The molecule has 0 amide bonds. The van der Waals surface area contributed by atoms with Crippen LogP contribution in [0, 0.1) is 0 Å². The van der Waals surface area contributed by atoms with E-state index in [1.165, 1.54) is 6.07 Å². The molecule has 0 atom stereocenters. The van der Waals surface area contributed by atoms with Crippen molar-refractivity contribution >= 4 is 5.97 Å². The summed E-state index contributed by atoms with van der Waals surface area (Å²) in [6, 6.07) is 4.19. The third-order valence-corrected chi connectivity index (χ3v) is 2.78. The van der Waals surface area contributed by atoms with Crippen LogP contribution in [0.4, 0.5) is 17.6 Å². The largest absolute Gasteiger partial charge is 0.507 e. The van der Waals surface area contributed by atoms with Gasteiger partial charge in [0.2, 0.25) is 5.76 Å². The third kappa shape index (κ3) is 2.12. The van der Waals surface area contributed by atoms with Gasteiger partial charge in [-0.05, 0) is 18.2 Å². The number of hydrogen-bond donors (Lipinski definition) is 1. The minimum atomic E-state index is -4.84. The molecule has 1 N–H and O–H groups in total. The van der Waals surface area contributed by atoms with Gasteiger partial charge in [-0.15, -0.1) is 0 Å². The highest BCUT2D eigenvalue weighted by molar-refractivity contribution is 5.85. The smallest absolute Gasteiger partial charge is 0.475 e. The number of nitrogens with zero attached hydrogens (tertiary/aromatic N) is 1. The average Bonchev–Trinajstić information content (AvgIpc) is 2.88. The first kappa shape index (κ1) is 14.2. The van der Waals surface area contributed by atoms with Crippen molar-refractivity contribution in [3.8, 4) is 22.8 Å². The van der Waals surface area contributed by atoms with Crippen molar-refractivity contribution in [3.63, 3.8) is 0 Å². The van der Waals surface area contributed by atoms with Crippen LogP contribution in [0.3, 0.4) is 0 Å². The number of fused-ring (bicyclic) bond motifs is 1. The molecule has 1 aliphatic rings. The number of hydrogen-bond acceptors (Lipinski definition) is 5. The fourth-order valence-corrected chi connectivity index (χ4v) is 1.74. The summed E-state index contributed by atoms with van der Waals surface area (Å²) in [6.07, 6.45) is -9.64. The molecule has 6 nitrogen and oxygen atoms in total. The fraction of sp³-hybridized carbons (Fsp3) is 0.167. The number of carboxylic acid groups (broad SMARTS) is 1. The van der Waals surface area contributed by atoms with Crippen LogP contribution in [-0.4, -0.2) is 28.4 Å². The lowest BCUT2D eigenvalue weighted by atomic mass is 10.1. The SMILES string of the molecule is O=C(O)c1cc(-c2ccc3c(c2)OC(F)(F)C(F)(F)O3)no1. The number of alkyl halides is 4. The Hall–Kier alpha value is -2.78. The number of carboxylic acids is 1. The topological polar surface area (TPSA) is 81.8 Å². The lowest BCUT2D eigenvalue weighted by Gasteiger charge is -2.31. The van der Waals surface area contributed by atoms with Crippen LogP contribution in [0.5, 0.6) is 11.5 Å². The second kappa shape index (κ2) is 4.36. The lowest BCUT2D eigenvalue weighted by Crippen LogP contribution is -2.52. The third-order valence-electron chi connectivity index (χ3n) is 2.78. The van der Waals surface area contributed by atoms with Gasteiger partial charge in [-0.1, -0.05) is 5.16 Å². The molecule has 0 aliphatic carbocycles. The minimum Gasteiger partial charge on any atom is -0.475 e. The molecule has 2 aromatic rings. The van der Waals surface area contributed by atoms with E-state index in [4.69, 9.17) is 5.11 Å². The highest BCUT2D eigenvalue weighted by Crippen LogP contribution is 2.47. The second-order valence-corrected chi connectivity index (χ2v) is 4.28. The Kier molecular flexibility index (Phi) is 2.81. The summed E-state index contributed by atoms with van der Waals surface area (Å²) in [6.45, 7) is 0. The number of aromatic carboxylic acids is 1. The molecule has 3 rings (SSSR count). The van der Waals surface area contributed by atoms with Gasteiger partial charge in [0.15, 0.2) is 11.5 Å². The molecule has 22 heavy (non-hydrogen) atoms. The highest BCUT2D eigenvalue weighted by atomic mass is 19.3. The molecule has 0 spiro atoms. The maximum absolute atomic E-state index is 13.1. The molecule has 1 aromatic heterocycles. The zero-order chi connectivity index (χ0) is 16.1. The molecular weight excluding hydrogens is 314 g/mol. The summed E-state index contributed by atoms with van der Waals surface area (Å²) in [5, 5.41) is 12.1. The average molecular weight is 319 g/mol. The summed E-state index contributed by atoms with van der Waals surface area (Å²) in [5.41, 5.74) is 0.129. The van der Waals surface area contributed by atoms with Gasteiger partial charge >= 0.3 is 18.2 Å². The second-order valence-electron chi connectivity index (χ2n) is 4.28. The van der Waals surface area contributed by atoms with Crippen molar-refractivity contribution in [2.24, 2.45) is 0 Å². The molecule has 0 fully saturated rings. The van der Waals surface area contributed by atoms with Gasteiger partial charge in [0.25, 0.3) is 0 Å². The Balaban J connectivity index is 1.99. The van der Waals surface area contributed by atoms with Crippen LogP contribution >= 0.6 is 0 Å². The number of halogens is 4. The number of rotatable bonds is 2. The zero-order valence-corrected chi connectivity index (χ0v) is 10.3. The van der Waals surface area contributed by atoms with Crippen LogP contribution in [0.2, 0.25) is 0 Å². The maximum Gasteiger partial charge on any atom is 0.507 e. The zero-order valence-electron chi connectivity index (χ0n) is 10.3. The minimum absolute atomic E-state index is 0.00412. The van der Waals surface area contributed by atoms with E-state index in [0.717, 1.165) is 18.2 Å². The van der Waals surface area contributed by atoms with E-state index in [-0.39, 0.29) is 11.3 Å². The molecule has 116 valence electrons. The van der Waals surface area contributed by atoms with Gasteiger partial charge in [0, 0.05) is 11.6 Å². The molecule has 0 radical (unpaired) electrons. The molecule has 1 aliphatic heterocycles. The molecule has 0 saturated carbocycles. The Labute approximate surface area is 118 Å². The van der Waals surface area contributed by atoms with E-state index in [2.05, 4.69) is 19.2 Å². The van der Waals surface area contributed by atoms with Crippen molar-refractivity contribution in [3.05, 3.63) is 30.0 Å². The fourth-order valence-electron chi connectivity index (χ4n) is 1.74. The van der Waals surface area contributed by atoms with E-state index in [1.807, 2.05) is 0 Å². The van der Waals surface area contributed by atoms with Crippen LogP contribution in [0.25, 0.3) is 11.3 Å². The van der Waals surface area contributed by atoms with Gasteiger partial charge in [-0.25, -0.2) is 4.79 Å². The first-order valence-electron chi connectivity index (χ1n) is 5.68. The molecule has 1 aromatic carbocycles. The first-order chi connectivity index (χ1) is 10.2. The standard InChI is InChI=1S/C12H5F4NO5/c13-11(14)12(15,16)21-8-3-5(1-2-7(8)20-11)6-4-9(10(18)19)22-17-6/h1-4H,(H,18,19). The summed E-state index contributed by atoms with van der Waals surface area (Å²) in [4.78, 5) is 10.7. The van der Waals surface area contributed by atoms with Gasteiger partial charge in [0.1, 0.15) is 5.69 Å². The molecule has 10 heteroatoms. The summed E-state index contributed by atoms with van der Waals surface area (Å²) < 4.78 is 64.6. The molecular formula is C12H5F4NO5. The Morgan fingerprint density at radius 1 is 1.05 bits per heavy atom. The van der Waals surface area contributed by atoms with Crippen molar-refractivity contribution in [2.45, 2.75) is 12.2 Å². The molecule has 0 unspecified atom stereocenters. The van der Waals surface area contributed by atoms with Crippen LogP contribution in [0.15, 0.2) is 28.8 Å². The number of carbonyl (C=O) groups is 1. The predicted molar refractivity (Wildman–Crippen MR) is 60.0 cm³/mol. The van der Waals surface area contributed by atoms with Crippen LogP contribution in [0.1, 0.15) is 10.6 Å². The Morgan fingerprint density at radius 2 is 1.68 bits per heavy atom. The Bertz CT molecular complexity index is 758. The highest BCUT2D eigenvalue weighted by Gasteiger charge is 2.65. The van der Waals surface area contributed by atoms with E-state index in [9.17, 15) is 22.4 Å². The van der Waals surface area contributed by atoms with Gasteiger partial charge in [0.05, 0.1) is 0 Å². The lowest BCUT2D eigenvalue weighted by molar-refractivity contribution is -0.391. The van der Waals surface area contributed by atoms with E-state index in [0.29, 0.717) is 0 Å². The van der Waals surface area contributed by atoms with Crippen molar-refractivity contribution in [2.75, 3.05) is 0 Å². The molecule has 0 saturated heterocycles. The number of aromatic nitrogens is 1. The monoisotopic (exact) mass is 319 g/mol. The van der Waals surface area contributed by atoms with Crippen LogP contribution in [-0.2, 0) is 0 Å². The van der Waals surface area contributed by atoms with E-state index < -0.39 is 35.4 Å². The summed E-state index contributed by atoms with van der Waals surface area (Å²) in [5.74, 6) is -3.06. The quantitative estimate of drug-likeness (QED) is 0.857. The van der Waals surface area contributed by atoms with Crippen molar-refractivity contribution in [1.29, 1.82) is 0 Å². The normalized spacial score (nSPS) is 18.0. The maximum atomic E-state index is 13.1. The van der Waals surface area contributed by atoms with Crippen LogP contribution < -0.4 is 9.47 Å². The molecule has 2 heterocycles. The molecule has 0 bridgehead atoms. The predicted octanol–water partition coefficient (Wildman–Crippen LogP) is 3.00. The van der Waals surface area contributed by atoms with Gasteiger partial charge in [-0.3, -0.25) is 0 Å². The first-order valence-corrected chi connectivity index (χ1v) is 5.68. The van der Waals surface area contributed by atoms with Crippen molar-refractivity contribution < 1.29 is 41.5 Å². The van der Waals surface area contributed by atoms with Gasteiger partial charge in [-0.2, -0.15) is 17.6 Å². The Morgan fingerprint density at radius 3 is 2.27 bits per heavy atom. The number of benzene rings is 1. The number of ether oxygens (including phenoxy) is 2. The summed E-state index contributed by atoms with van der Waals surface area (Å²) >= 11 is 0. The van der Waals surface area contributed by atoms with Gasteiger partial charge < -0.3 is 19.1 Å². The van der Waals surface area contributed by atoms with Crippen molar-refractivity contribution in [1.82, 2.24) is 5.16 Å².